The molecule has 0 saturated carbocycles. The van der Waals surface area contributed by atoms with Crippen LogP contribution in [0.15, 0.2) is 85.6 Å². The van der Waals surface area contributed by atoms with E-state index in [0.29, 0.717) is 23.5 Å². The van der Waals surface area contributed by atoms with Crippen LogP contribution in [-0.2, 0) is 6.42 Å². The highest BCUT2D eigenvalue weighted by Gasteiger charge is 2.12. The number of ether oxygens (including phenoxy) is 1. The molecule has 4 aromatic rings. The minimum Gasteiger partial charge on any atom is -0.457 e. The van der Waals surface area contributed by atoms with Crippen molar-refractivity contribution >= 4 is 10.9 Å². The van der Waals surface area contributed by atoms with Crippen LogP contribution >= 0.6 is 0 Å². The summed E-state index contributed by atoms with van der Waals surface area (Å²) >= 11 is 0. The smallest absolute Gasteiger partial charge is 0.127 e. The summed E-state index contributed by atoms with van der Waals surface area (Å²) in [5, 5.41) is 10.4. The molecule has 4 heteroatoms. The zero-order valence-corrected chi connectivity index (χ0v) is 17.1. The molecule has 1 aromatic heterocycles. The molecule has 4 rings (SSSR count). The van der Waals surface area contributed by atoms with Crippen molar-refractivity contribution in [1.82, 2.24) is 4.57 Å². The summed E-state index contributed by atoms with van der Waals surface area (Å²) in [6, 6.07) is 21.6. The Kier molecular flexibility index (Phi) is 6.67. The third kappa shape index (κ3) is 4.26. The molecule has 0 N–H and O–H groups in total. The summed E-state index contributed by atoms with van der Waals surface area (Å²) in [5.41, 5.74) is 3.66. The maximum absolute atomic E-state index is 13.0. The second-order valence-corrected chi connectivity index (χ2v) is 6.38. The van der Waals surface area contributed by atoms with Gasteiger partial charge in [0.05, 0.1) is 17.1 Å². The molecular formula is C26H23FN2O. The lowest BCUT2D eigenvalue weighted by Gasteiger charge is -2.09. The van der Waals surface area contributed by atoms with Crippen molar-refractivity contribution < 1.29 is 9.13 Å². The van der Waals surface area contributed by atoms with E-state index in [1.807, 2.05) is 68.6 Å². The summed E-state index contributed by atoms with van der Waals surface area (Å²) in [6.45, 7) is 7.83. The van der Waals surface area contributed by atoms with Crippen molar-refractivity contribution in [2.45, 2.75) is 20.3 Å². The van der Waals surface area contributed by atoms with E-state index in [-0.39, 0.29) is 5.82 Å². The van der Waals surface area contributed by atoms with E-state index in [9.17, 15) is 9.65 Å². The Morgan fingerprint density at radius 3 is 2.23 bits per heavy atom. The number of hydrogen-bond donors (Lipinski definition) is 0. The SMILES string of the molecule is C=CCc1cn(-c2ccc(Oc3ccc(F)cc3)cc2)c2cccc(C#N)c12.CC. The van der Waals surface area contributed by atoms with Gasteiger partial charge < -0.3 is 9.30 Å². The lowest BCUT2D eigenvalue weighted by molar-refractivity contribution is 0.480. The maximum atomic E-state index is 13.0. The van der Waals surface area contributed by atoms with E-state index < -0.39 is 0 Å². The molecule has 30 heavy (non-hydrogen) atoms. The van der Waals surface area contributed by atoms with Crippen molar-refractivity contribution in [1.29, 1.82) is 5.26 Å². The summed E-state index contributed by atoms with van der Waals surface area (Å²) in [5.74, 6) is 0.942. The fourth-order valence-corrected chi connectivity index (χ4v) is 3.30. The molecule has 0 aliphatic rings. The molecule has 0 amide bonds. The first-order valence-corrected chi connectivity index (χ1v) is 9.87. The van der Waals surface area contributed by atoms with Gasteiger partial charge in [0.25, 0.3) is 0 Å². The number of nitrogens with zero attached hydrogens (tertiary/aromatic N) is 2. The van der Waals surface area contributed by atoms with Crippen LogP contribution < -0.4 is 4.74 Å². The van der Waals surface area contributed by atoms with Crippen molar-refractivity contribution in [2.75, 3.05) is 0 Å². The van der Waals surface area contributed by atoms with E-state index in [4.69, 9.17) is 4.74 Å². The lowest BCUT2D eigenvalue weighted by Crippen LogP contribution is -1.92. The van der Waals surface area contributed by atoms with Gasteiger partial charge in [-0.3, -0.25) is 0 Å². The van der Waals surface area contributed by atoms with Crippen LogP contribution in [0.25, 0.3) is 16.6 Å². The molecule has 0 radical (unpaired) electrons. The van der Waals surface area contributed by atoms with E-state index >= 15 is 0 Å². The van der Waals surface area contributed by atoms with Crippen molar-refractivity contribution in [2.24, 2.45) is 0 Å². The molecule has 1 heterocycles. The van der Waals surface area contributed by atoms with E-state index in [2.05, 4.69) is 17.2 Å². The fourth-order valence-electron chi connectivity index (χ4n) is 3.30. The van der Waals surface area contributed by atoms with Crippen molar-refractivity contribution in [3.05, 3.63) is 103 Å². The van der Waals surface area contributed by atoms with Gasteiger partial charge in [-0.05, 0) is 72.6 Å². The Bertz CT molecular complexity index is 1180. The second kappa shape index (κ2) is 9.58. The Morgan fingerprint density at radius 1 is 1.00 bits per heavy atom. The number of allylic oxidation sites excluding steroid dienone is 1. The standard InChI is InChI=1S/C24H17FN2O.C2H6/c1-2-4-18-16-27(23-6-3-5-17(15-26)24(18)23)20-9-13-22(14-10-20)28-21-11-7-19(25)8-12-21;1-2/h2-3,5-14,16H,1,4H2;1-2H3. The third-order valence-electron chi connectivity index (χ3n) is 4.56. The molecule has 0 atom stereocenters. The number of halogens is 1. The number of rotatable bonds is 5. The van der Waals surface area contributed by atoms with Gasteiger partial charge in [-0.15, -0.1) is 6.58 Å². The highest BCUT2D eigenvalue weighted by molar-refractivity contribution is 5.91. The van der Waals surface area contributed by atoms with E-state index in [1.54, 1.807) is 12.1 Å². The molecule has 0 aliphatic carbocycles. The number of fused-ring (bicyclic) bond motifs is 1. The molecule has 0 unspecified atom stereocenters. The zero-order chi connectivity index (χ0) is 21.5. The van der Waals surface area contributed by atoms with Crippen LogP contribution in [-0.4, -0.2) is 4.57 Å². The maximum Gasteiger partial charge on any atom is 0.127 e. The normalized spacial score (nSPS) is 10.1. The topological polar surface area (TPSA) is 38.0 Å². The van der Waals surface area contributed by atoms with Gasteiger partial charge in [-0.1, -0.05) is 26.0 Å². The summed E-state index contributed by atoms with van der Waals surface area (Å²) in [4.78, 5) is 0. The number of hydrogen-bond acceptors (Lipinski definition) is 2. The van der Waals surface area contributed by atoms with Crippen LogP contribution in [0.3, 0.4) is 0 Å². The molecule has 0 spiro atoms. The highest BCUT2D eigenvalue weighted by Crippen LogP contribution is 2.30. The van der Waals surface area contributed by atoms with Gasteiger partial charge in [-0.2, -0.15) is 5.26 Å². The number of aromatic nitrogens is 1. The lowest BCUT2D eigenvalue weighted by atomic mass is 10.1. The number of nitriles is 1. The summed E-state index contributed by atoms with van der Waals surface area (Å²) < 4.78 is 20.8. The monoisotopic (exact) mass is 398 g/mol. The Morgan fingerprint density at radius 2 is 1.63 bits per heavy atom. The van der Waals surface area contributed by atoms with Crippen LogP contribution in [0.5, 0.6) is 11.5 Å². The summed E-state index contributed by atoms with van der Waals surface area (Å²) in [6.07, 6.45) is 4.57. The van der Waals surface area contributed by atoms with E-state index in [1.165, 1.54) is 12.1 Å². The van der Waals surface area contributed by atoms with Crippen LogP contribution in [0.4, 0.5) is 4.39 Å². The van der Waals surface area contributed by atoms with Crippen molar-refractivity contribution in [3.8, 4) is 23.3 Å². The average Bonchev–Trinajstić information content (AvgIpc) is 3.16. The minimum absolute atomic E-state index is 0.297. The predicted octanol–water partition coefficient (Wildman–Crippen LogP) is 7.19. The minimum atomic E-state index is -0.297. The molecule has 0 saturated heterocycles. The Balaban J connectivity index is 0.00000124. The predicted molar refractivity (Wildman–Crippen MR) is 120 cm³/mol. The zero-order valence-electron chi connectivity index (χ0n) is 17.1. The van der Waals surface area contributed by atoms with Crippen molar-refractivity contribution in [3.63, 3.8) is 0 Å². The Hall–Kier alpha value is -3.84. The molecular weight excluding hydrogens is 375 g/mol. The van der Waals surface area contributed by atoms with Gasteiger partial charge in [0.15, 0.2) is 0 Å². The van der Waals surface area contributed by atoms with Gasteiger partial charge >= 0.3 is 0 Å². The molecule has 150 valence electrons. The third-order valence-corrected chi connectivity index (χ3v) is 4.56. The molecule has 3 aromatic carbocycles. The first-order valence-electron chi connectivity index (χ1n) is 9.87. The summed E-state index contributed by atoms with van der Waals surface area (Å²) in [7, 11) is 0. The van der Waals surface area contributed by atoms with Gasteiger partial charge in [-0.25, -0.2) is 4.39 Å². The van der Waals surface area contributed by atoms with Gasteiger partial charge in [0, 0.05) is 17.3 Å². The average molecular weight is 398 g/mol. The van der Waals surface area contributed by atoms with Gasteiger partial charge in [0.1, 0.15) is 17.3 Å². The Labute approximate surface area is 176 Å². The first kappa shape index (κ1) is 20.9. The molecule has 0 bridgehead atoms. The fraction of sp³-hybridized carbons (Fsp3) is 0.115. The molecule has 0 fully saturated rings. The van der Waals surface area contributed by atoms with Crippen LogP contribution in [0.1, 0.15) is 25.0 Å². The second-order valence-electron chi connectivity index (χ2n) is 6.38. The van der Waals surface area contributed by atoms with Gasteiger partial charge in [0.2, 0.25) is 0 Å². The first-order chi connectivity index (χ1) is 14.7. The quantitative estimate of drug-likeness (QED) is 0.334. The molecule has 3 nitrogen and oxygen atoms in total. The number of benzene rings is 3. The highest BCUT2D eigenvalue weighted by atomic mass is 19.1. The van der Waals surface area contributed by atoms with Crippen LogP contribution in [0, 0.1) is 17.1 Å². The van der Waals surface area contributed by atoms with E-state index in [0.717, 1.165) is 22.2 Å². The molecule has 0 aliphatic heterocycles. The van der Waals surface area contributed by atoms with Crippen LogP contribution in [0.2, 0.25) is 0 Å². The largest absolute Gasteiger partial charge is 0.457 e.